The average Bonchev–Trinajstić information content (AvgIpc) is 2.61. The molecule has 1 N–H and O–H groups in total. The number of nitrogens with zero attached hydrogens (tertiary/aromatic N) is 1. The summed E-state index contributed by atoms with van der Waals surface area (Å²) in [6.45, 7) is 7.57. The van der Waals surface area contributed by atoms with Crippen LogP contribution >= 0.6 is 0 Å². The van der Waals surface area contributed by atoms with Gasteiger partial charge in [-0.25, -0.2) is 0 Å². The molecule has 0 saturated carbocycles. The van der Waals surface area contributed by atoms with Crippen LogP contribution in [0.25, 0.3) is 0 Å². The standard InChI is InChI=1S/C11H22N2/c1-10-4-2-3-7-13(10)9-11-5-6-12-8-11/h10-12H,2-9H2,1H3/t10-,11-/m1/s1. The number of likely N-dealkylation sites (tertiary alicyclic amines) is 1. The molecule has 2 heterocycles. The molecule has 2 atom stereocenters. The van der Waals surface area contributed by atoms with Crippen LogP contribution in [0.5, 0.6) is 0 Å². The third-order valence-electron chi connectivity index (χ3n) is 3.60. The van der Waals surface area contributed by atoms with Crippen LogP contribution in [0, 0.1) is 5.92 Å². The van der Waals surface area contributed by atoms with Crippen LogP contribution in [0.4, 0.5) is 0 Å². The summed E-state index contributed by atoms with van der Waals surface area (Å²) in [5, 5.41) is 3.45. The minimum atomic E-state index is 0.842. The van der Waals surface area contributed by atoms with Gasteiger partial charge in [0.15, 0.2) is 0 Å². The predicted octanol–water partition coefficient (Wildman–Crippen LogP) is 1.47. The van der Waals surface area contributed by atoms with Gasteiger partial charge >= 0.3 is 0 Å². The first-order chi connectivity index (χ1) is 6.36. The van der Waals surface area contributed by atoms with Crippen LogP contribution in [-0.4, -0.2) is 37.1 Å². The lowest BCUT2D eigenvalue weighted by atomic mass is 10.0. The van der Waals surface area contributed by atoms with E-state index in [9.17, 15) is 0 Å². The summed E-state index contributed by atoms with van der Waals surface area (Å²) < 4.78 is 0. The molecule has 76 valence electrons. The van der Waals surface area contributed by atoms with Crippen molar-refractivity contribution in [3.05, 3.63) is 0 Å². The molecule has 2 fully saturated rings. The van der Waals surface area contributed by atoms with Gasteiger partial charge in [-0.05, 0) is 51.7 Å². The Hall–Kier alpha value is -0.0800. The lowest BCUT2D eigenvalue weighted by Crippen LogP contribution is -2.40. The van der Waals surface area contributed by atoms with E-state index in [2.05, 4.69) is 17.1 Å². The number of hydrogen-bond donors (Lipinski definition) is 1. The fourth-order valence-corrected chi connectivity index (χ4v) is 2.63. The van der Waals surface area contributed by atoms with Gasteiger partial charge in [0.05, 0.1) is 0 Å². The van der Waals surface area contributed by atoms with Crippen molar-refractivity contribution in [1.82, 2.24) is 10.2 Å². The Labute approximate surface area is 81.7 Å². The molecular weight excluding hydrogens is 160 g/mol. The molecule has 2 aliphatic rings. The number of rotatable bonds is 2. The third kappa shape index (κ3) is 2.44. The van der Waals surface area contributed by atoms with Gasteiger partial charge in [-0.1, -0.05) is 6.42 Å². The highest BCUT2D eigenvalue weighted by molar-refractivity contribution is 4.79. The van der Waals surface area contributed by atoms with Crippen LogP contribution in [0.3, 0.4) is 0 Å². The molecule has 13 heavy (non-hydrogen) atoms. The van der Waals surface area contributed by atoms with Crippen LogP contribution < -0.4 is 5.32 Å². The second-order valence-electron chi connectivity index (χ2n) is 4.70. The molecule has 0 aromatic carbocycles. The number of piperidine rings is 1. The van der Waals surface area contributed by atoms with Gasteiger partial charge in [0, 0.05) is 12.6 Å². The van der Waals surface area contributed by atoms with Crippen molar-refractivity contribution in [3.63, 3.8) is 0 Å². The SMILES string of the molecule is C[C@@H]1CCCCN1C[C@@H]1CCNC1. The van der Waals surface area contributed by atoms with E-state index in [1.54, 1.807) is 0 Å². The molecule has 0 aliphatic carbocycles. The predicted molar refractivity (Wildman–Crippen MR) is 55.9 cm³/mol. The largest absolute Gasteiger partial charge is 0.316 e. The molecule has 2 heteroatoms. The fraction of sp³-hybridized carbons (Fsp3) is 1.00. The van der Waals surface area contributed by atoms with Crippen molar-refractivity contribution in [2.75, 3.05) is 26.2 Å². The maximum absolute atomic E-state index is 3.45. The zero-order chi connectivity index (χ0) is 9.10. The van der Waals surface area contributed by atoms with E-state index >= 15 is 0 Å². The Balaban J connectivity index is 1.78. The molecule has 0 radical (unpaired) electrons. The minimum absolute atomic E-state index is 0.842. The Bertz CT molecular complexity index is 152. The van der Waals surface area contributed by atoms with E-state index in [0.717, 1.165) is 12.0 Å². The molecule has 0 spiro atoms. The summed E-state index contributed by atoms with van der Waals surface area (Å²) >= 11 is 0. The number of hydrogen-bond acceptors (Lipinski definition) is 2. The molecular formula is C11H22N2. The van der Waals surface area contributed by atoms with Crippen molar-refractivity contribution in [2.24, 2.45) is 5.92 Å². The molecule has 0 bridgehead atoms. The Morgan fingerprint density at radius 1 is 1.31 bits per heavy atom. The summed E-state index contributed by atoms with van der Waals surface area (Å²) in [4.78, 5) is 2.70. The summed E-state index contributed by atoms with van der Waals surface area (Å²) in [5.41, 5.74) is 0. The molecule has 2 aliphatic heterocycles. The highest BCUT2D eigenvalue weighted by Gasteiger charge is 2.23. The van der Waals surface area contributed by atoms with Crippen LogP contribution in [0.15, 0.2) is 0 Å². The Morgan fingerprint density at radius 3 is 2.92 bits per heavy atom. The van der Waals surface area contributed by atoms with Crippen LogP contribution in [0.2, 0.25) is 0 Å². The van der Waals surface area contributed by atoms with E-state index in [1.165, 1.54) is 51.9 Å². The van der Waals surface area contributed by atoms with E-state index < -0.39 is 0 Å². The Kier molecular flexibility index (Phi) is 3.23. The summed E-state index contributed by atoms with van der Waals surface area (Å²) in [7, 11) is 0. The van der Waals surface area contributed by atoms with Crippen LogP contribution in [-0.2, 0) is 0 Å². The first-order valence-electron chi connectivity index (χ1n) is 5.81. The lowest BCUT2D eigenvalue weighted by Gasteiger charge is -2.34. The molecule has 0 aromatic rings. The minimum Gasteiger partial charge on any atom is -0.316 e. The molecule has 2 nitrogen and oxygen atoms in total. The fourth-order valence-electron chi connectivity index (χ4n) is 2.63. The van der Waals surface area contributed by atoms with E-state index in [-0.39, 0.29) is 0 Å². The first kappa shape index (κ1) is 9.47. The molecule has 0 unspecified atom stereocenters. The smallest absolute Gasteiger partial charge is 0.00670 e. The second-order valence-corrected chi connectivity index (χ2v) is 4.70. The maximum atomic E-state index is 3.45. The zero-order valence-electron chi connectivity index (χ0n) is 8.76. The quantitative estimate of drug-likeness (QED) is 0.695. The normalized spacial score (nSPS) is 36.7. The molecule has 2 rings (SSSR count). The molecule has 0 amide bonds. The Morgan fingerprint density at radius 2 is 2.23 bits per heavy atom. The average molecular weight is 182 g/mol. The van der Waals surface area contributed by atoms with Crippen molar-refractivity contribution < 1.29 is 0 Å². The lowest BCUT2D eigenvalue weighted by molar-refractivity contribution is 0.140. The third-order valence-corrected chi connectivity index (χ3v) is 3.60. The van der Waals surface area contributed by atoms with E-state index in [0.29, 0.717) is 0 Å². The van der Waals surface area contributed by atoms with Crippen LogP contribution in [0.1, 0.15) is 32.6 Å². The first-order valence-corrected chi connectivity index (χ1v) is 5.81. The van der Waals surface area contributed by atoms with Gasteiger partial charge in [-0.3, -0.25) is 0 Å². The van der Waals surface area contributed by atoms with Gasteiger partial charge in [-0.2, -0.15) is 0 Å². The number of nitrogens with one attached hydrogen (secondary N) is 1. The zero-order valence-corrected chi connectivity index (χ0v) is 8.76. The van der Waals surface area contributed by atoms with Gasteiger partial charge in [0.1, 0.15) is 0 Å². The van der Waals surface area contributed by atoms with Crippen molar-refractivity contribution >= 4 is 0 Å². The van der Waals surface area contributed by atoms with Crippen molar-refractivity contribution in [3.8, 4) is 0 Å². The summed E-state index contributed by atoms with van der Waals surface area (Å²) in [6, 6.07) is 0.842. The summed E-state index contributed by atoms with van der Waals surface area (Å²) in [5.74, 6) is 0.931. The van der Waals surface area contributed by atoms with Gasteiger partial charge in [-0.15, -0.1) is 0 Å². The van der Waals surface area contributed by atoms with E-state index in [1.807, 2.05) is 0 Å². The molecule has 0 aromatic heterocycles. The monoisotopic (exact) mass is 182 g/mol. The van der Waals surface area contributed by atoms with Gasteiger partial charge in [0.2, 0.25) is 0 Å². The van der Waals surface area contributed by atoms with Crippen molar-refractivity contribution in [1.29, 1.82) is 0 Å². The topological polar surface area (TPSA) is 15.3 Å². The maximum Gasteiger partial charge on any atom is 0.00670 e. The second kappa shape index (κ2) is 4.43. The summed E-state index contributed by atoms with van der Waals surface area (Å²) in [6.07, 6.45) is 5.68. The van der Waals surface area contributed by atoms with E-state index in [4.69, 9.17) is 0 Å². The van der Waals surface area contributed by atoms with Crippen molar-refractivity contribution in [2.45, 2.75) is 38.6 Å². The van der Waals surface area contributed by atoms with Gasteiger partial charge in [0.25, 0.3) is 0 Å². The van der Waals surface area contributed by atoms with Gasteiger partial charge < -0.3 is 10.2 Å². The highest BCUT2D eigenvalue weighted by atomic mass is 15.2. The highest BCUT2D eigenvalue weighted by Crippen LogP contribution is 2.19. The molecule has 2 saturated heterocycles.